The maximum Gasteiger partial charge on any atom is 0.180 e. The number of aromatic nitrogens is 5. The third-order valence-corrected chi connectivity index (χ3v) is 6.67. The van der Waals surface area contributed by atoms with Crippen molar-refractivity contribution in [1.82, 2.24) is 24.7 Å². The topological polar surface area (TPSA) is 93.5 Å². The monoisotopic (exact) mass is 383 g/mol. The quantitative estimate of drug-likeness (QED) is 0.582. The average Bonchev–Trinajstić information content (AvgIpc) is 3.27. The number of aryl methyl sites for hydroxylation is 1. The number of aromatic amines is 1. The van der Waals surface area contributed by atoms with Gasteiger partial charge in [0.1, 0.15) is 5.52 Å². The summed E-state index contributed by atoms with van der Waals surface area (Å²) in [5.74, 6) is 0. The maximum atomic E-state index is 12.3. The van der Waals surface area contributed by atoms with Crippen LogP contribution in [0.15, 0.2) is 53.9 Å². The highest BCUT2D eigenvalue weighted by Crippen LogP contribution is 2.28. The zero-order valence-electron chi connectivity index (χ0n) is 15.2. The lowest BCUT2D eigenvalue weighted by molar-refractivity contribution is 0.587. The summed E-state index contributed by atoms with van der Waals surface area (Å²) in [6.07, 6.45) is 7.24. The van der Waals surface area contributed by atoms with Gasteiger partial charge in [-0.15, -0.1) is 0 Å². The summed E-state index contributed by atoms with van der Waals surface area (Å²) in [7, 11) is -1.43. The lowest BCUT2D eigenvalue weighted by atomic mass is 10.1. The molecular formula is C19H21N5O2S. The van der Waals surface area contributed by atoms with Gasteiger partial charge in [0.2, 0.25) is 0 Å². The third kappa shape index (κ3) is 3.02. The molecule has 0 aliphatic carbocycles. The van der Waals surface area contributed by atoms with E-state index in [0.29, 0.717) is 16.2 Å². The van der Waals surface area contributed by atoms with E-state index in [1.54, 1.807) is 55.2 Å². The van der Waals surface area contributed by atoms with Crippen LogP contribution in [0.25, 0.3) is 33.5 Å². The molecule has 3 heterocycles. The molecule has 0 saturated carbocycles. The Morgan fingerprint density at radius 3 is 2.48 bits per heavy atom. The van der Waals surface area contributed by atoms with Crippen LogP contribution in [0.1, 0.15) is 15.3 Å². The van der Waals surface area contributed by atoms with E-state index >= 15 is 0 Å². The maximum absolute atomic E-state index is 12.3. The number of nitrogens with zero attached hydrogens (tertiary/aromatic N) is 4. The number of rotatable bonds is 4. The molecule has 0 aliphatic rings. The summed E-state index contributed by atoms with van der Waals surface area (Å²) in [6.45, 7) is 3.35. The van der Waals surface area contributed by atoms with Gasteiger partial charge in [-0.3, -0.25) is 4.68 Å². The van der Waals surface area contributed by atoms with E-state index in [2.05, 4.69) is 15.1 Å². The van der Waals surface area contributed by atoms with Crippen LogP contribution >= 0.6 is 0 Å². The highest BCUT2D eigenvalue weighted by Gasteiger charge is 2.19. The lowest BCUT2D eigenvalue weighted by Gasteiger charge is -2.08. The Labute approximate surface area is 158 Å². The minimum atomic E-state index is -3.29. The number of hydrogen-bond donors (Lipinski definition) is 1. The molecule has 3 aromatic heterocycles. The Morgan fingerprint density at radius 1 is 1.11 bits per heavy atom. The smallest absolute Gasteiger partial charge is 0.180 e. The minimum absolute atomic E-state index is 0. The second-order valence-electron chi connectivity index (χ2n) is 6.68. The molecular weight excluding hydrogens is 362 g/mol. The van der Waals surface area contributed by atoms with Gasteiger partial charge >= 0.3 is 0 Å². The van der Waals surface area contributed by atoms with Gasteiger partial charge in [0, 0.05) is 37.6 Å². The largest absolute Gasteiger partial charge is 0.344 e. The highest BCUT2D eigenvalue weighted by atomic mass is 32.2. The predicted octanol–water partition coefficient (Wildman–Crippen LogP) is 3.45. The van der Waals surface area contributed by atoms with Crippen LogP contribution in [0.3, 0.4) is 0 Å². The van der Waals surface area contributed by atoms with Crippen LogP contribution in [-0.2, 0) is 16.9 Å². The number of nitrogens with one attached hydrogen (secondary N) is 1. The van der Waals surface area contributed by atoms with Gasteiger partial charge in [0.25, 0.3) is 0 Å². The van der Waals surface area contributed by atoms with Gasteiger partial charge in [-0.1, -0.05) is 12.1 Å². The van der Waals surface area contributed by atoms with Crippen LogP contribution < -0.4 is 0 Å². The molecule has 1 aromatic carbocycles. The van der Waals surface area contributed by atoms with Crippen LogP contribution in [0.4, 0.5) is 0 Å². The van der Waals surface area contributed by atoms with Gasteiger partial charge in [0.15, 0.2) is 15.5 Å². The Balaban J connectivity index is 0.00000225. The van der Waals surface area contributed by atoms with Crippen molar-refractivity contribution in [3.8, 4) is 22.4 Å². The fraction of sp³-hybridized carbons (Fsp3) is 0.211. The molecule has 0 amide bonds. The van der Waals surface area contributed by atoms with E-state index in [9.17, 15) is 8.42 Å². The summed E-state index contributed by atoms with van der Waals surface area (Å²) in [5.41, 5.74) is 4.81. The Kier molecular flexibility index (Phi) is 4.07. The van der Waals surface area contributed by atoms with E-state index in [4.69, 9.17) is 4.98 Å². The van der Waals surface area contributed by atoms with Crippen LogP contribution in [-0.4, -0.2) is 38.4 Å². The van der Waals surface area contributed by atoms with Gasteiger partial charge in [-0.25, -0.2) is 18.4 Å². The minimum Gasteiger partial charge on any atom is -0.344 e. The molecule has 140 valence electrons. The molecule has 0 fully saturated rings. The third-order valence-electron chi connectivity index (χ3n) is 4.50. The number of hydrogen-bond acceptors (Lipinski definition) is 5. The van der Waals surface area contributed by atoms with Crippen molar-refractivity contribution < 1.29 is 9.84 Å². The zero-order chi connectivity index (χ0) is 19.2. The van der Waals surface area contributed by atoms with Gasteiger partial charge in [-0.05, 0) is 26.0 Å². The molecule has 0 saturated heterocycles. The SMILES string of the molecule is CC(C)S(=O)(=O)c1ccc(-c2cnc3[nH]cc(-c4cnn(C)c4)c3n2)cc1.[HH]. The second-order valence-corrected chi connectivity index (χ2v) is 9.18. The Bertz CT molecular complexity index is 1230. The summed E-state index contributed by atoms with van der Waals surface area (Å²) in [4.78, 5) is 12.6. The van der Waals surface area contributed by atoms with Crippen LogP contribution in [0.2, 0.25) is 0 Å². The molecule has 4 rings (SSSR count). The number of H-pyrrole nitrogens is 1. The lowest BCUT2D eigenvalue weighted by Crippen LogP contribution is -2.13. The molecule has 4 aromatic rings. The first-order valence-electron chi connectivity index (χ1n) is 8.54. The van der Waals surface area contributed by atoms with Crippen molar-refractivity contribution in [2.75, 3.05) is 0 Å². The van der Waals surface area contributed by atoms with E-state index in [0.717, 1.165) is 22.2 Å². The highest BCUT2D eigenvalue weighted by molar-refractivity contribution is 7.92. The molecule has 27 heavy (non-hydrogen) atoms. The Morgan fingerprint density at radius 2 is 1.85 bits per heavy atom. The normalized spacial score (nSPS) is 12.1. The van der Waals surface area contributed by atoms with Gasteiger partial charge in [-0.2, -0.15) is 5.10 Å². The summed E-state index contributed by atoms with van der Waals surface area (Å²) in [6, 6.07) is 6.77. The average molecular weight is 383 g/mol. The molecule has 0 aliphatic heterocycles. The molecule has 7 nitrogen and oxygen atoms in total. The van der Waals surface area contributed by atoms with Crippen molar-refractivity contribution >= 4 is 21.0 Å². The standard InChI is InChI=1S/C19H19N5O2S.H2/c1-12(2)27(25,26)15-6-4-13(5-7-15)17-10-21-19-18(23-17)16(9-20-19)14-8-22-24(3)11-14;/h4-12H,1-3H3,(H,20,21);1H. The predicted molar refractivity (Wildman–Crippen MR) is 106 cm³/mol. The number of benzene rings is 1. The first-order chi connectivity index (χ1) is 12.9. The van der Waals surface area contributed by atoms with Crippen LogP contribution in [0, 0.1) is 0 Å². The van der Waals surface area contributed by atoms with Crippen LogP contribution in [0.5, 0.6) is 0 Å². The number of fused-ring (bicyclic) bond motifs is 1. The Hall–Kier alpha value is -3.00. The van der Waals surface area contributed by atoms with Gasteiger partial charge in [0.05, 0.1) is 28.2 Å². The van der Waals surface area contributed by atoms with Crippen molar-refractivity contribution in [1.29, 1.82) is 0 Å². The zero-order valence-corrected chi connectivity index (χ0v) is 16.0. The first-order valence-corrected chi connectivity index (χ1v) is 10.1. The van der Waals surface area contributed by atoms with Crippen molar-refractivity contribution in [3.05, 3.63) is 49.1 Å². The molecule has 0 spiro atoms. The second kappa shape index (κ2) is 6.31. The summed E-state index contributed by atoms with van der Waals surface area (Å²) >= 11 is 0. The van der Waals surface area contributed by atoms with E-state index in [1.165, 1.54) is 0 Å². The number of sulfone groups is 1. The molecule has 1 N–H and O–H groups in total. The molecule has 0 bridgehead atoms. The summed E-state index contributed by atoms with van der Waals surface area (Å²) in [5, 5.41) is 3.75. The molecule has 0 atom stereocenters. The molecule has 0 radical (unpaired) electrons. The van der Waals surface area contributed by atoms with Crippen molar-refractivity contribution in [2.45, 2.75) is 24.0 Å². The van der Waals surface area contributed by atoms with Crippen molar-refractivity contribution in [3.63, 3.8) is 0 Å². The molecule has 8 heteroatoms. The first kappa shape index (κ1) is 17.4. The van der Waals surface area contributed by atoms with E-state index in [-0.39, 0.29) is 1.43 Å². The van der Waals surface area contributed by atoms with Gasteiger partial charge < -0.3 is 4.98 Å². The summed E-state index contributed by atoms with van der Waals surface area (Å²) < 4.78 is 26.3. The van der Waals surface area contributed by atoms with E-state index < -0.39 is 15.1 Å². The molecule has 0 unspecified atom stereocenters. The fourth-order valence-corrected chi connectivity index (χ4v) is 3.96. The fourth-order valence-electron chi connectivity index (χ4n) is 2.90. The van der Waals surface area contributed by atoms with Crippen molar-refractivity contribution in [2.24, 2.45) is 7.05 Å². The van der Waals surface area contributed by atoms with E-state index in [1.807, 2.05) is 19.4 Å².